The van der Waals surface area contributed by atoms with Crippen LogP contribution in [0.3, 0.4) is 0 Å². The summed E-state index contributed by atoms with van der Waals surface area (Å²) in [4.78, 5) is 9.42. The molecule has 0 saturated heterocycles. The highest BCUT2D eigenvalue weighted by Crippen LogP contribution is 2.34. The Morgan fingerprint density at radius 2 is 1.87 bits per heavy atom. The van der Waals surface area contributed by atoms with E-state index < -0.39 is 0 Å². The Balaban J connectivity index is 1.76. The minimum Gasteiger partial charge on any atom is -0.509 e. The smallest absolute Gasteiger partial charge is 0.145 e. The number of aromatic amines is 1. The Hall–Kier alpha value is -2.60. The van der Waals surface area contributed by atoms with Crippen LogP contribution in [0.2, 0.25) is 0 Å². The average Bonchev–Trinajstić information content (AvgIpc) is 3.08. The van der Waals surface area contributed by atoms with E-state index >= 15 is 0 Å². The van der Waals surface area contributed by atoms with Crippen LogP contribution in [0.4, 0.5) is 5.69 Å². The molecule has 3 N–H and O–H groups in total. The molecule has 0 amide bonds. The molecule has 0 bridgehead atoms. The van der Waals surface area contributed by atoms with E-state index in [1.807, 2.05) is 48.5 Å². The molecule has 2 heterocycles. The maximum absolute atomic E-state index is 10.4. The number of nitrogens with one attached hydrogen (secondary N) is 2. The summed E-state index contributed by atoms with van der Waals surface area (Å²) in [5, 5.41) is 18.8. The molecule has 1 aromatic heterocycles. The van der Waals surface area contributed by atoms with Gasteiger partial charge < -0.3 is 15.0 Å². The first kappa shape index (κ1) is 14.0. The van der Waals surface area contributed by atoms with Gasteiger partial charge in [0.1, 0.15) is 17.4 Å². The van der Waals surface area contributed by atoms with E-state index in [1.165, 1.54) is 0 Å². The fourth-order valence-corrected chi connectivity index (χ4v) is 3.27. The summed E-state index contributed by atoms with van der Waals surface area (Å²) in [6.45, 7) is 0.258. The molecule has 0 saturated carbocycles. The second kappa shape index (κ2) is 5.24. The van der Waals surface area contributed by atoms with Crippen molar-refractivity contribution in [3.8, 4) is 0 Å². The summed E-state index contributed by atoms with van der Waals surface area (Å²) in [6.07, 6.45) is 0. The molecule has 4 rings (SSSR count). The first-order valence-electron chi connectivity index (χ1n) is 7.13. The summed E-state index contributed by atoms with van der Waals surface area (Å²) >= 11 is 3.50. The first-order chi connectivity index (χ1) is 11.1. The van der Waals surface area contributed by atoms with E-state index in [-0.39, 0.29) is 18.1 Å². The molecular weight excluding hydrogens is 356 g/mol. The number of aromatic nitrogens is 2. The molecule has 0 radical (unpaired) electrons. The van der Waals surface area contributed by atoms with Gasteiger partial charge >= 0.3 is 0 Å². The summed E-state index contributed by atoms with van der Waals surface area (Å²) in [6, 6.07) is 15.3. The second-order valence-corrected chi connectivity index (χ2v) is 6.16. The van der Waals surface area contributed by atoms with Crippen molar-refractivity contribution in [2.24, 2.45) is 0 Å². The molecule has 5 nitrogen and oxygen atoms in total. The zero-order chi connectivity index (χ0) is 16.0. The molecule has 1 aliphatic heterocycles. The molecular formula is C17H13BrN4O. The number of anilines is 1. The lowest BCUT2D eigenvalue weighted by atomic mass is 10.2. The normalized spacial score (nSPS) is 15.0. The van der Waals surface area contributed by atoms with Crippen LogP contribution in [0.5, 0.6) is 0 Å². The fraction of sp³-hybridized carbons (Fsp3) is 0.0588. The highest BCUT2D eigenvalue weighted by molar-refractivity contribution is 9.10. The Morgan fingerprint density at radius 1 is 1.13 bits per heavy atom. The van der Waals surface area contributed by atoms with Crippen molar-refractivity contribution in [2.75, 3.05) is 11.4 Å². The Bertz CT molecular complexity index is 927. The van der Waals surface area contributed by atoms with Gasteiger partial charge in [-0.1, -0.05) is 24.3 Å². The number of hydrogen-bond acceptors (Lipinski definition) is 3. The van der Waals surface area contributed by atoms with Gasteiger partial charge in [0.05, 0.1) is 28.8 Å². The zero-order valence-corrected chi connectivity index (χ0v) is 13.6. The van der Waals surface area contributed by atoms with E-state index in [4.69, 9.17) is 5.41 Å². The van der Waals surface area contributed by atoms with Crippen LogP contribution >= 0.6 is 15.9 Å². The van der Waals surface area contributed by atoms with Gasteiger partial charge in [-0.05, 0) is 40.2 Å². The molecule has 1 aliphatic rings. The first-order valence-corrected chi connectivity index (χ1v) is 7.92. The van der Waals surface area contributed by atoms with Crippen molar-refractivity contribution in [2.45, 2.75) is 0 Å². The molecule has 23 heavy (non-hydrogen) atoms. The average molecular weight is 369 g/mol. The number of aliphatic hydroxyl groups is 1. The van der Waals surface area contributed by atoms with Gasteiger partial charge in [-0.15, -0.1) is 0 Å². The number of amidine groups is 1. The van der Waals surface area contributed by atoms with Gasteiger partial charge in [0, 0.05) is 4.47 Å². The minimum atomic E-state index is 0.143. The number of nitrogens with zero attached hydrogens (tertiary/aromatic N) is 2. The standard InChI is InChI=1S/C17H13BrN4O/c18-10-5-1-4-8-13(10)22-9-14(23)15(16(22)19)17-20-11-6-2-3-7-12(11)21-17/h1-8,19,23H,9H2,(H,20,21). The predicted octanol–water partition coefficient (Wildman–Crippen LogP) is 4.09. The summed E-state index contributed by atoms with van der Waals surface area (Å²) in [7, 11) is 0. The van der Waals surface area contributed by atoms with Crippen LogP contribution in [0.25, 0.3) is 16.6 Å². The number of H-pyrrole nitrogens is 1. The largest absolute Gasteiger partial charge is 0.509 e. The Kier molecular flexibility index (Phi) is 3.20. The van der Waals surface area contributed by atoms with Crippen molar-refractivity contribution in [1.82, 2.24) is 9.97 Å². The van der Waals surface area contributed by atoms with Crippen LogP contribution in [-0.2, 0) is 0 Å². The number of aliphatic hydroxyl groups excluding tert-OH is 1. The van der Waals surface area contributed by atoms with Gasteiger partial charge in [-0.2, -0.15) is 0 Å². The number of rotatable bonds is 2. The lowest BCUT2D eigenvalue weighted by Gasteiger charge is -2.19. The molecule has 0 unspecified atom stereocenters. The van der Waals surface area contributed by atoms with E-state index in [1.54, 1.807) is 4.90 Å². The van der Waals surface area contributed by atoms with E-state index in [0.717, 1.165) is 21.2 Å². The predicted molar refractivity (Wildman–Crippen MR) is 94.9 cm³/mol. The van der Waals surface area contributed by atoms with Crippen molar-refractivity contribution in [3.63, 3.8) is 0 Å². The third-order valence-corrected chi connectivity index (χ3v) is 4.54. The van der Waals surface area contributed by atoms with Crippen LogP contribution in [0.1, 0.15) is 5.82 Å². The maximum Gasteiger partial charge on any atom is 0.145 e. The second-order valence-electron chi connectivity index (χ2n) is 5.31. The molecule has 6 heteroatoms. The topological polar surface area (TPSA) is 76.0 Å². The Morgan fingerprint density at radius 3 is 2.65 bits per heavy atom. The van der Waals surface area contributed by atoms with Gasteiger partial charge in [-0.3, -0.25) is 5.41 Å². The third kappa shape index (κ3) is 2.22. The van der Waals surface area contributed by atoms with Gasteiger partial charge in [0.2, 0.25) is 0 Å². The van der Waals surface area contributed by atoms with E-state index in [9.17, 15) is 5.11 Å². The van der Waals surface area contributed by atoms with Crippen LogP contribution in [-0.4, -0.2) is 27.5 Å². The molecule has 2 aromatic carbocycles. The molecule has 0 spiro atoms. The summed E-state index contributed by atoms with van der Waals surface area (Å²) in [5.41, 5.74) is 2.98. The zero-order valence-electron chi connectivity index (χ0n) is 12.0. The molecule has 3 aromatic rings. The SMILES string of the molecule is N=C1C(c2nc3ccccc3[nH]2)=C(O)CN1c1ccccc1Br. The highest BCUT2D eigenvalue weighted by atomic mass is 79.9. The summed E-state index contributed by atoms with van der Waals surface area (Å²) < 4.78 is 0.878. The third-order valence-electron chi connectivity index (χ3n) is 3.87. The highest BCUT2D eigenvalue weighted by Gasteiger charge is 2.32. The lowest BCUT2D eigenvalue weighted by Crippen LogP contribution is -2.26. The molecule has 0 fully saturated rings. The number of para-hydroxylation sites is 3. The van der Waals surface area contributed by atoms with Gasteiger partial charge in [0.25, 0.3) is 0 Å². The molecule has 114 valence electrons. The van der Waals surface area contributed by atoms with E-state index in [2.05, 4.69) is 25.9 Å². The van der Waals surface area contributed by atoms with Gasteiger partial charge in [0.15, 0.2) is 0 Å². The van der Waals surface area contributed by atoms with Crippen molar-refractivity contribution < 1.29 is 5.11 Å². The fourth-order valence-electron chi connectivity index (χ4n) is 2.78. The number of imidazole rings is 1. The van der Waals surface area contributed by atoms with Crippen molar-refractivity contribution in [3.05, 3.63) is 64.6 Å². The van der Waals surface area contributed by atoms with Crippen molar-refractivity contribution >= 4 is 44.1 Å². The molecule has 0 aliphatic carbocycles. The maximum atomic E-state index is 10.4. The van der Waals surface area contributed by atoms with Crippen LogP contribution in [0.15, 0.2) is 58.8 Å². The quantitative estimate of drug-likeness (QED) is 0.637. The molecule has 0 atom stereocenters. The lowest BCUT2D eigenvalue weighted by molar-refractivity contribution is 0.411. The number of benzene rings is 2. The van der Waals surface area contributed by atoms with Gasteiger partial charge in [-0.25, -0.2) is 4.98 Å². The van der Waals surface area contributed by atoms with E-state index in [0.29, 0.717) is 11.4 Å². The van der Waals surface area contributed by atoms with Crippen molar-refractivity contribution in [1.29, 1.82) is 5.41 Å². The number of halogens is 1. The van der Waals surface area contributed by atoms with Crippen LogP contribution < -0.4 is 4.90 Å². The monoisotopic (exact) mass is 368 g/mol. The number of fused-ring (bicyclic) bond motifs is 1. The summed E-state index contributed by atoms with van der Waals surface area (Å²) in [5.74, 6) is 0.890. The Labute approximate surface area is 140 Å². The van der Waals surface area contributed by atoms with Crippen LogP contribution in [0, 0.1) is 5.41 Å². The minimum absolute atomic E-state index is 0.143. The number of hydrogen-bond donors (Lipinski definition) is 3.